The van der Waals surface area contributed by atoms with Crippen molar-refractivity contribution in [3.8, 4) is 0 Å². The van der Waals surface area contributed by atoms with E-state index in [0.717, 1.165) is 24.5 Å². The third-order valence-electron chi connectivity index (χ3n) is 2.26. The normalized spacial score (nSPS) is 10.2. The van der Waals surface area contributed by atoms with E-state index >= 15 is 0 Å². The van der Waals surface area contributed by atoms with Crippen LogP contribution in [-0.2, 0) is 13.5 Å². The first-order valence-electron chi connectivity index (χ1n) is 4.98. The Labute approximate surface area is 89.0 Å². The SMILES string of the molecule is Cn1cnnc1CCNc1ccccc1. The quantitative estimate of drug-likeness (QED) is 0.816. The second-order valence-electron chi connectivity index (χ2n) is 3.40. The summed E-state index contributed by atoms with van der Waals surface area (Å²) in [7, 11) is 1.96. The van der Waals surface area contributed by atoms with E-state index in [1.165, 1.54) is 0 Å². The topological polar surface area (TPSA) is 42.7 Å². The summed E-state index contributed by atoms with van der Waals surface area (Å²) in [6, 6.07) is 10.1. The van der Waals surface area contributed by atoms with E-state index in [0.29, 0.717) is 0 Å². The molecule has 4 nitrogen and oxygen atoms in total. The lowest BCUT2D eigenvalue weighted by Gasteiger charge is -2.05. The van der Waals surface area contributed by atoms with Crippen molar-refractivity contribution in [3.05, 3.63) is 42.5 Å². The van der Waals surface area contributed by atoms with Crippen molar-refractivity contribution in [1.29, 1.82) is 0 Å². The highest BCUT2D eigenvalue weighted by Crippen LogP contribution is 2.04. The zero-order chi connectivity index (χ0) is 10.5. The predicted octanol–water partition coefficient (Wildman–Crippen LogP) is 1.47. The minimum atomic E-state index is 0.872. The molecule has 0 aliphatic heterocycles. The van der Waals surface area contributed by atoms with Crippen molar-refractivity contribution in [2.24, 2.45) is 7.05 Å². The highest BCUT2D eigenvalue weighted by molar-refractivity contribution is 5.42. The minimum absolute atomic E-state index is 0.872. The molecule has 0 aliphatic rings. The Hall–Kier alpha value is -1.84. The molecule has 0 fully saturated rings. The van der Waals surface area contributed by atoms with Crippen LogP contribution in [0.2, 0.25) is 0 Å². The minimum Gasteiger partial charge on any atom is -0.385 e. The van der Waals surface area contributed by atoms with Gasteiger partial charge in [0.2, 0.25) is 0 Å². The molecule has 0 amide bonds. The monoisotopic (exact) mass is 202 g/mol. The lowest BCUT2D eigenvalue weighted by Crippen LogP contribution is -2.08. The largest absolute Gasteiger partial charge is 0.385 e. The van der Waals surface area contributed by atoms with Crippen LogP contribution in [0.4, 0.5) is 5.69 Å². The maximum Gasteiger partial charge on any atom is 0.134 e. The number of nitrogens with one attached hydrogen (secondary N) is 1. The highest BCUT2D eigenvalue weighted by atomic mass is 15.2. The van der Waals surface area contributed by atoms with Crippen LogP contribution >= 0.6 is 0 Å². The number of hydrogen-bond donors (Lipinski definition) is 1. The van der Waals surface area contributed by atoms with Gasteiger partial charge in [0.25, 0.3) is 0 Å². The molecule has 0 spiro atoms. The maximum atomic E-state index is 4.02. The number of nitrogens with zero attached hydrogens (tertiary/aromatic N) is 3. The molecule has 0 saturated carbocycles. The van der Waals surface area contributed by atoms with Gasteiger partial charge in [-0.05, 0) is 12.1 Å². The Morgan fingerprint density at radius 2 is 2.07 bits per heavy atom. The van der Waals surface area contributed by atoms with Gasteiger partial charge in [0.15, 0.2) is 0 Å². The number of rotatable bonds is 4. The molecule has 4 heteroatoms. The van der Waals surface area contributed by atoms with Crippen LogP contribution in [0.5, 0.6) is 0 Å². The van der Waals surface area contributed by atoms with Gasteiger partial charge in [-0.1, -0.05) is 18.2 Å². The van der Waals surface area contributed by atoms with Gasteiger partial charge < -0.3 is 9.88 Å². The molecule has 2 aromatic rings. The van der Waals surface area contributed by atoms with Crippen LogP contribution in [0.3, 0.4) is 0 Å². The predicted molar refractivity (Wildman–Crippen MR) is 59.6 cm³/mol. The number of aromatic nitrogens is 3. The third kappa shape index (κ3) is 2.56. The van der Waals surface area contributed by atoms with Gasteiger partial charge in [-0.15, -0.1) is 10.2 Å². The van der Waals surface area contributed by atoms with Gasteiger partial charge in [0.05, 0.1) is 0 Å². The molecule has 0 aliphatic carbocycles. The second kappa shape index (κ2) is 4.59. The zero-order valence-corrected chi connectivity index (χ0v) is 8.72. The first-order valence-corrected chi connectivity index (χ1v) is 4.98. The van der Waals surface area contributed by atoms with Crippen LogP contribution in [0, 0.1) is 0 Å². The summed E-state index contributed by atoms with van der Waals surface area (Å²) < 4.78 is 1.94. The molecule has 0 saturated heterocycles. The Morgan fingerprint density at radius 3 is 2.73 bits per heavy atom. The standard InChI is InChI=1S/C11H14N4/c1-15-9-13-14-11(15)7-8-12-10-5-3-2-4-6-10/h2-6,9,12H,7-8H2,1H3. The summed E-state index contributed by atoms with van der Waals surface area (Å²) in [5.41, 5.74) is 1.14. The highest BCUT2D eigenvalue weighted by Gasteiger charge is 1.99. The molecule has 0 unspecified atom stereocenters. The van der Waals surface area contributed by atoms with E-state index < -0.39 is 0 Å². The Balaban J connectivity index is 1.83. The molecule has 0 bridgehead atoms. The lowest BCUT2D eigenvalue weighted by molar-refractivity contribution is 0.788. The molecular formula is C11H14N4. The number of para-hydroxylation sites is 1. The van der Waals surface area contributed by atoms with Crippen molar-refractivity contribution in [2.75, 3.05) is 11.9 Å². The van der Waals surface area contributed by atoms with E-state index in [4.69, 9.17) is 0 Å². The first kappa shape index (κ1) is 9.71. The van der Waals surface area contributed by atoms with Crippen molar-refractivity contribution < 1.29 is 0 Å². The molecule has 1 N–H and O–H groups in total. The van der Waals surface area contributed by atoms with Crippen LogP contribution in [0.1, 0.15) is 5.82 Å². The fourth-order valence-electron chi connectivity index (χ4n) is 1.41. The third-order valence-corrected chi connectivity index (χ3v) is 2.26. The van der Waals surface area contributed by atoms with Crippen molar-refractivity contribution >= 4 is 5.69 Å². The zero-order valence-electron chi connectivity index (χ0n) is 8.72. The average Bonchev–Trinajstić information content (AvgIpc) is 2.66. The fraction of sp³-hybridized carbons (Fsp3) is 0.273. The summed E-state index contributed by atoms with van der Waals surface area (Å²) >= 11 is 0. The molecule has 1 heterocycles. The molecule has 2 rings (SSSR count). The molecule has 0 atom stereocenters. The average molecular weight is 202 g/mol. The van der Waals surface area contributed by atoms with Crippen LogP contribution in [0.15, 0.2) is 36.7 Å². The van der Waals surface area contributed by atoms with Crippen molar-refractivity contribution in [2.45, 2.75) is 6.42 Å². The van der Waals surface area contributed by atoms with E-state index in [1.807, 2.05) is 29.8 Å². The molecule has 0 radical (unpaired) electrons. The molecule has 78 valence electrons. The van der Waals surface area contributed by atoms with Crippen molar-refractivity contribution in [3.63, 3.8) is 0 Å². The summed E-state index contributed by atoms with van der Waals surface area (Å²) in [6.07, 6.45) is 2.60. The molecule has 1 aromatic heterocycles. The Kier molecular flexibility index (Phi) is 2.97. The van der Waals surface area contributed by atoms with E-state index in [2.05, 4.69) is 27.6 Å². The number of hydrogen-bond acceptors (Lipinski definition) is 3. The number of anilines is 1. The van der Waals surface area contributed by atoms with Gasteiger partial charge in [-0.25, -0.2) is 0 Å². The van der Waals surface area contributed by atoms with Gasteiger partial charge in [-0.2, -0.15) is 0 Å². The Bertz CT molecular complexity index is 408. The molecular weight excluding hydrogens is 188 g/mol. The number of benzene rings is 1. The van der Waals surface area contributed by atoms with Crippen LogP contribution in [0.25, 0.3) is 0 Å². The molecule has 15 heavy (non-hydrogen) atoms. The second-order valence-corrected chi connectivity index (χ2v) is 3.40. The summed E-state index contributed by atoms with van der Waals surface area (Å²) in [6.45, 7) is 0.872. The summed E-state index contributed by atoms with van der Waals surface area (Å²) in [4.78, 5) is 0. The van der Waals surface area contributed by atoms with Crippen LogP contribution < -0.4 is 5.32 Å². The number of aryl methyl sites for hydroxylation is 1. The van der Waals surface area contributed by atoms with E-state index in [1.54, 1.807) is 6.33 Å². The smallest absolute Gasteiger partial charge is 0.134 e. The summed E-state index contributed by atoms with van der Waals surface area (Å²) in [5, 5.41) is 11.2. The van der Waals surface area contributed by atoms with Crippen LogP contribution in [-0.4, -0.2) is 21.3 Å². The lowest BCUT2D eigenvalue weighted by atomic mass is 10.3. The fourth-order valence-corrected chi connectivity index (χ4v) is 1.41. The van der Waals surface area contributed by atoms with Gasteiger partial charge in [0, 0.05) is 25.7 Å². The first-order chi connectivity index (χ1) is 7.36. The Morgan fingerprint density at radius 1 is 1.27 bits per heavy atom. The van der Waals surface area contributed by atoms with Crippen molar-refractivity contribution in [1.82, 2.24) is 14.8 Å². The maximum absolute atomic E-state index is 4.02. The van der Waals surface area contributed by atoms with E-state index in [9.17, 15) is 0 Å². The van der Waals surface area contributed by atoms with Gasteiger partial charge in [-0.3, -0.25) is 0 Å². The summed E-state index contributed by atoms with van der Waals surface area (Å²) in [5.74, 6) is 0.999. The van der Waals surface area contributed by atoms with E-state index in [-0.39, 0.29) is 0 Å². The van der Waals surface area contributed by atoms with Gasteiger partial charge >= 0.3 is 0 Å². The van der Waals surface area contributed by atoms with Gasteiger partial charge in [0.1, 0.15) is 12.2 Å². The molecule has 1 aromatic carbocycles.